The number of rotatable bonds is 0. The molecule has 1 heterocycles. The van der Waals surface area contributed by atoms with Crippen LogP contribution < -0.4 is 5.32 Å². The van der Waals surface area contributed by atoms with Crippen LogP contribution in [0.4, 0.5) is 0 Å². The Bertz CT molecular complexity index is 187. The van der Waals surface area contributed by atoms with Gasteiger partial charge in [-0.2, -0.15) is 0 Å². The molecule has 1 aliphatic heterocycles. The van der Waals surface area contributed by atoms with Crippen LogP contribution in [-0.4, -0.2) is 11.8 Å². The van der Waals surface area contributed by atoms with E-state index in [-0.39, 0.29) is 17.7 Å². The molecule has 0 aromatic heterocycles. The highest BCUT2D eigenvalue weighted by molar-refractivity contribution is 6.00. The normalized spacial score (nSPS) is 39.6. The maximum absolute atomic E-state index is 10.7. The van der Waals surface area contributed by atoms with E-state index in [1.165, 1.54) is 0 Å². The van der Waals surface area contributed by atoms with Gasteiger partial charge in [-0.3, -0.25) is 14.9 Å². The zero-order chi connectivity index (χ0) is 6.43. The third kappa shape index (κ3) is 0.642. The molecule has 0 bridgehead atoms. The maximum atomic E-state index is 10.7. The molecule has 9 heavy (non-hydrogen) atoms. The fourth-order valence-electron chi connectivity index (χ4n) is 1.31. The van der Waals surface area contributed by atoms with Crippen LogP contribution >= 0.6 is 0 Å². The van der Waals surface area contributed by atoms with Gasteiger partial charge in [0.05, 0.1) is 0 Å². The lowest BCUT2D eigenvalue weighted by molar-refractivity contribution is -0.133. The van der Waals surface area contributed by atoms with Crippen LogP contribution in [0.2, 0.25) is 0 Å². The number of fused-ring (bicyclic) bond motifs is 1. The lowest BCUT2D eigenvalue weighted by Crippen LogP contribution is -2.36. The number of carbonyl (C=O) groups excluding carboxylic acids is 2. The third-order valence-corrected chi connectivity index (χ3v) is 1.97. The molecule has 0 spiro atoms. The Balaban J connectivity index is 2.15. The summed E-state index contributed by atoms with van der Waals surface area (Å²) in [5, 5.41) is 2.29. The zero-order valence-corrected chi connectivity index (χ0v) is 4.89. The van der Waals surface area contributed by atoms with Gasteiger partial charge in [0.2, 0.25) is 11.8 Å². The number of piperidine rings is 1. The molecule has 3 heteroatoms. The van der Waals surface area contributed by atoms with Crippen molar-refractivity contribution < 1.29 is 9.59 Å². The Hall–Kier alpha value is -0.860. The molecule has 1 N–H and O–H groups in total. The van der Waals surface area contributed by atoms with Gasteiger partial charge in [0.1, 0.15) is 0 Å². The molecule has 1 saturated carbocycles. The van der Waals surface area contributed by atoms with Crippen LogP contribution in [0, 0.1) is 11.8 Å². The van der Waals surface area contributed by atoms with Crippen molar-refractivity contribution in [2.75, 3.05) is 0 Å². The lowest BCUT2D eigenvalue weighted by Gasteiger charge is -2.07. The minimum absolute atomic E-state index is 0.0590. The fourth-order valence-corrected chi connectivity index (χ4v) is 1.31. The summed E-state index contributed by atoms with van der Waals surface area (Å²) < 4.78 is 0. The minimum atomic E-state index is -0.0984. The number of imide groups is 1. The Kier molecular flexibility index (Phi) is 0.743. The summed E-state index contributed by atoms with van der Waals surface area (Å²) in [6.45, 7) is 0. The van der Waals surface area contributed by atoms with E-state index in [9.17, 15) is 9.59 Å². The molecule has 0 aromatic carbocycles. The van der Waals surface area contributed by atoms with E-state index in [0.29, 0.717) is 12.3 Å². The molecule has 0 radical (unpaired) electrons. The Morgan fingerprint density at radius 2 is 2.22 bits per heavy atom. The smallest absolute Gasteiger partial charge is 0.229 e. The second-order valence-corrected chi connectivity index (χ2v) is 2.72. The van der Waals surface area contributed by atoms with Gasteiger partial charge >= 0.3 is 0 Å². The van der Waals surface area contributed by atoms with E-state index in [1.807, 2.05) is 0 Å². The van der Waals surface area contributed by atoms with E-state index in [4.69, 9.17) is 0 Å². The summed E-state index contributed by atoms with van der Waals surface area (Å²) >= 11 is 0. The van der Waals surface area contributed by atoms with Crippen molar-refractivity contribution in [2.24, 2.45) is 11.8 Å². The number of amides is 2. The van der Waals surface area contributed by atoms with Crippen LogP contribution in [0.1, 0.15) is 12.8 Å². The first-order valence-corrected chi connectivity index (χ1v) is 3.11. The molecule has 1 saturated heterocycles. The fraction of sp³-hybridized carbons (Fsp3) is 0.667. The minimum Gasteiger partial charge on any atom is -0.296 e. The van der Waals surface area contributed by atoms with Crippen molar-refractivity contribution in [1.29, 1.82) is 0 Å². The predicted molar refractivity (Wildman–Crippen MR) is 29.4 cm³/mol. The Labute approximate surface area is 52.4 Å². The number of carbonyl (C=O) groups is 2. The summed E-state index contributed by atoms with van der Waals surface area (Å²) in [6.07, 6.45) is 1.49. The van der Waals surface area contributed by atoms with Crippen LogP contribution in [-0.2, 0) is 9.59 Å². The highest BCUT2D eigenvalue weighted by atomic mass is 16.2. The highest BCUT2D eigenvalue weighted by Crippen LogP contribution is 2.43. The highest BCUT2D eigenvalue weighted by Gasteiger charge is 2.47. The van der Waals surface area contributed by atoms with Crippen LogP contribution in [0.15, 0.2) is 0 Å². The van der Waals surface area contributed by atoms with Crippen molar-refractivity contribution in [3.63, 3.8) is 0 Å². The zero-order valence-electron chi connectivity index (χ0n) is 4.89. The predicted octanol–water partition coefficient (Wildman–Crippen LogP) is -0.331. The van der Waals surface area contributed by atoms with Crippen molar-refractivity contribution in [3.8, 4) is 0 Å². The number of hydrogen-bond acceptors (Lipinski definition) is 2. The van der Waals surface area contributed by atoms with Crippen molar-refractivity contribution in [2.45, 2.75) is 12.8 Å². The molecular formula is C6H7NO2. The van der Waals surface area contributed by atoms with E-state index >= 15 is 0 Å². The van der Waals surface area contributed by atoms with Gasteiger partial charge in [-0.05, 0) is 12.3 Å². The monoisotopic (exact) mass is 125 g/mol. The van der Waals surface area contributed by atoms with Gasteiger partial charge in [-0.1, -0.05) is 0 Å². The van der Waals surface area contributed by atoms with E-state index in [0.717, 1.165) is 6.42 Å². The summed E-state index contributed by atoms with van der Waals surface area (Å²) in [5.41, 5.74) is 0. The molecular weight excluding hydrogens is 118 g/mol. The second-order valence-electron chi connectivity index (χ2n) is 2.72. The van der Waals surface area contributed by atoms with Crippen molar-refractivity contribution >= 4 is 11.8 Å². The Morgan fingerprint density at radius 1 is 1.44 bits per heavy atom. The molecule has 2 amide bonds. The van der Waals surface area contributed by atoms with Gasteiger partial charge in [-0.25, -0.2) is 0 Å². The molecule has 2 atom stereocenters. The maximum Gasteiger partial charge on any atom is 0.229 e. The topological polar surface area (TPSA) is 46.2 Å². The standard InChI is InChI=1S/C6H7NO2/c8-5-2-3-1-4(3)6(9)7-5/h3-4H,1-2H2,(H,7,8,9). The largest absolute Gasteiger partial charge is 0.296 e. The van der Waals surface area contributed by atoms with Crippen LogP contribution in [0.25, 0.3) is 0 Å². The lowest BCUT2D eigenvalue weighted by atomic mass is 10.1. The third-order valence-electron chi connectivity index (χ3n) is 1.97. The molecule has 2 rings (SSSR count). The summed E-state index contributed by atoms with van der Waals surface area (Å²) in [5.74, 6) is 0.420. The van der Waals surface area contributed by atoms with E-state index in [1.54, 1.807) is 0 Å². The number of hydrogen-bond donors (Lipinski definition) is 1. The molecule has 2 fully saturated rings. The van der Waals surface area contributed by atoms with Gasteiger partial charge in [0.25, 0.3) is 0 Å². The summed E-state index contributed by atoms with van der Waals surface area (Å²) in [4.78, 5) is 21.3. The van der Waals surface area contributed by atoms with Crippen LogP contribution in [0.3, 0.4) is 0 Å². The van der Waals surface area contributed by atoms with Gasteiger partial charge in [-0.15, -0.1) is 0 Å². The molecule has 2 unspecified atom stereocenters. The second kappa shape index (κ2) is 1.35. The molecule has 2 aliphatic rings. The average molecular weight is 125 g/mol. The Morgan fingerprint density at radius 3 is 2.89 bits per heavy atom. The van der Waals surface area contributed by atoms with Crippen molar-refractivity contribution in [3.05, 3.63) is 0 Å². The SMILES string of the molecule is O=C1CC2CC2C(=O)N1. The molecule has 1 aliphatic carbocycles. The average Bonchev–Trinajstić information content (AvgIpc) is 2.43. The molecule has 0 aromatic rings. The van der Waals surface area contributed by atoms with Gasteiger partial charge < -0.3 is 0 Å². The van der Waals surface area contributed by atoms with Crippen molar-refractivity contribution in [1.82, 2.24) is 5.32 Å². The van der Waals surface area contributed by atoms with E-state index < -0.39 is 0 Å². The summed E-state index contributed by atoms with van der Waals surface area (Å²) in [6, 6.07) is 0. The first-order chi connectivity index (χ1) is 4.27. The molecule has 48 valence electrons. The van der Waals surface area contributed by atoms with Crippen LogP contribution in [0.5, 0.6) is 0 Å². The first-order valence-electron chi connectivity index (χ1n) is 3.11. The number of nitrogens with one attached hydrogen (secondary N) is 1. The quantitative estimate of drug-likeness (QED) is 0.450. The molecule has 3 nitrogen and oxygen atoms in total. The van der Waals surface area contributed by atoms with Gasteiger partial charge in [0, 0.05) is 12.3 Å². The summed E-state index contributed by atoms with van der Waals surface area (Å²) in [7, 11) is 0. The van der Waals surface area contributed by atoms with Gasteiger partial charge in [0.15, 0.2) is 0 Å². The first kappa shape index (κ1) is 4.97. The van der Waals surface area contributed by atoms with E-state index in [2.05, 4.69) is 5.32 Å².